The van der Waals surface area contributed by atoms with Crippen LogP contribution in [0.25, 0.3) is 59.9 Å². The summed E-state index contributed by atoms with van der Waals surface area (Å²) in [6.07, 6.45) is 1.21. The number of rotatable bonds is 1. The Labute approximate surface area is 216 Å². The molecule has 0 saturated heterocycles. The highest BCUT2D eigenvalue weighted by atomic mass is 15.3. The molecule has 1 unspecified atom stereocenters. The molecule has 0 aliphatic carbocycles. The number of nitrogens with one attached hydrogen (secondary N) is 1. The van der Waals surface area contributed by atoms with Crippen LogP contribution < -0.4 is 5.32 Å². The SMILES string of the molecule is N#CC1=NC(n2c3ccccc3c3c4c5ccccc5n5c6ccccc6c(cc32)c45)Nc2cccnc21. The van der Waals surface area contributed by atoms with E-state index in [4.69, 9.17) is 4.99 Å². The second-order valence-electron chi connectivity index (χ2n) is 9.81. The topological polar surface area (TPSA) is 70.4 Å². The summed E-state index contributed by atoms with van der Waals surface area (Å²) in [4.78, 5) is 9.28. The van der Waals surface area contributed by atoms with E-state index in [2.05, 4.69) is 104 Å². The molecule has 0 saturated carbocycles. The van der Waals surface area contributed by atoms with Gasteiger partial charge in [-0.15, -0.1) is 0 Å². The average molecular weight is 487 g/mol. The molecular weight excluding hydrogens is 468 g/mol. The number of nitriles is 1. The van der Waals surface area contributed by atoms with Crippen molar-refractivity contribution in [2.24, 2.45) is 4.99 Å². The Morgan fingerprint density at radius 2 is 1.39 bits per heavy atom. The number of aliphatic imine (C=N–C) groups is 1. The van der Waals surface area contributed by atoms with E-state index in [9.17, 15) is 5.26 Å². The fourth-order valence-corrected chi connectivity index (χ4v) is 6.53. The molecule has 6 heteroatoms. The molecule has 6 nitrogen and oxygen atoms in total. The Hall–Kier alpha value is -5.41. The molecular formula is C32H18N6. The van der Waals surface area contributed by atoms with Crippen LogP contribution in [0.3, 0.4) is 0 Å². The van der Waals surface area contributed by atoms with Crippen LogP contribution >= 0.6 is 0 Å². The lowest BCUT2D eigenvalue weighted by molar-refractivity contribution is 0.624. The summed E-state index contributed by atoms with van der Waals surface area (Å²) in [6.45, 7) is 0. The summed E-state index contributed by atoms with van der Waals surface area (Å²) < 4.78 is 4.65. The van der Waals surface area contributed by atoms with Gasteiger partial charge in [-0.1, -0.05) is 54.6 Å². The summed E-state index contributed by atoms with van der Waals surface area (Å²) in [5, 5.41) is 20.8. The van der Waals surface area contributed by atoms with Crippen LogP contribution in [0.2, 0.25) is 0 Å². The lowest BCUT2D eigenvalue weighted by atomic mass is 10.0. The van der Waals surface area contributed by atoms with Gasteiger partial charge in [0.05, 0.1) is 33.3 Å². The van der Waals surface area contributed by atoms with Gasteiger partial charge in [0.1, 0.15) is 11.8 Å². The maximum absolute atomic E-state index is 9.95. The number of nitrogens with zero attached hydrogens (tertiary/aromatic N) is 5. The van der Waals surface area contributed by atoms with Crippen molar-refractivity contribution in [2.45, 2.75) is 6.29 Å². The molecule has 0 amide bonds. The van der Waals surface area contributed by atoms with E-state index in [-0.39, 0.29) is 0 Å². The lowest BCUT2D eigenvalue weighted by Crippen LogP contribution is -2.24. The molecule has 1 atom stereocenters. The van der Waals surface area contributed by atoms with E-state index in [1.54, 1.807) is 6.20 Å². The summed E-state index contributed by atoms with van der Waals surface area (Å²) in [5.74, 6) is 0. The quantitative estimate of drug-likeness (QED) is 0.266. The van der Waals surface area contributed by atoms with E-state index in [1.807, 2.05) is 12.1 Å². The molecule has 0 bridgehead atoms. The largest absolute Gasteiger partial charge is 0.345 e. The predicted molar refractivity (Wildman–Crippen MR) is 153 cm³/mol. The monoisotopic (exact) mass is 486 g/mol. The fraction of sp³-hybridized carbons (Fsp3) is 0.0312. The number of aromatic nitrogens is 3. The van der Waals surface area contributed by atoms with Gasteiger partial charge >= 0.3 is 0 Å². The zero-order chi connectivity index (χ0) is 25.0. The van der Waals surface area contributed by atoms with Crippen molar-refractivity contribution in [2.75, 3.05) is 5.32 Å². The maximum Gasteiger partial charge on any atom is 0.202 e. The van der Waals surface area contributed by atoms with Crippen LogP contribution in [-0.4, -0.2) is 19.7 Å². The minimum atomic E-state index is -0.488. The van der Waals surface area contributed by atoms with Gasteiger partial charge in [-0.2, -0.15) is 5.26 Å². The van der Waals surface area contributed by atoms with Crippen LogP contribution in [0, 0.1) is 11.3 Å². The van der Waals surface area contributed by atoms with Gasteiger partial charge in [-0.05, 0) is 36.4 Å². The van der Waals surface area contributed by atoms with E-state index in [0.717, 1.165) is 16.7 Å². The van der Waals surface area contributed by atoms with Crippen molar-refractivity contribution in [3.63, 3.8) is 0 Å². The Bertz CT molecular complexity index is 2350. The van der Waals surface area contributed by atoms with Gasteiger partial charge in [-0.3, -0.25) is 4.98 Å². The van der Waals surface area contributed by atoms with E-state index < -0.39 is 6.29 Å². The zero-order valence-electron chi connectivity index (χ0n) is 20.1. The summed E-state index contributed by atoms with van der Waals surface area (Å²) in [5.41, 5.74) is 7.54. The molecule has 5 heterocycles. The smallest absolute Gasteiger partial charge is 0.202 e. The fourth-order valence-electron chi connectivity index (χ4n) is 6.53. The third-order valence-electron chi connectivity index (χ3n) is 7.96. The number of hydrogen-bond acceptors (Lipinski definition) is 4. The highest BCUT2D eigenvalue weighted by Crippen LogP contribution is 2.46. The number of benzene rings is 4. The van der Waals surface area contributed by atoms with Gasteiger partial charge in [0.15, 0.2) is 5.71 Å². The summed E-state index contributed by atoms with van der Waals surface area (Å²) in [6, 6.07) is 34.2. The van der Waals surface area contributed by atoms with Crippen molar-refractivity contribution in [1.29, 1.82) is 5.26 Å². The highest BCUT2D eigenvalue weighted by Gasteiger charge is 2.28. The molecule has 1 aliphatic rings. The van der Waals surface area contributed by atoms with Crippen molar-refractivity contribution in [3.8, 4) is 6.07 Å². The number of para-hydroxylation sites is 3. The van der Waals surface area contributed by atoms with Crippen LogP contribution in [-0.2, 0) is 0 Å². The first-order chi connectivity index (χ1) is 18.8. The van der Waals surface area contributed by atoms with Crippen LogP contribution in [0.15, 0.2) is 102 Å². The van der Waals surface area contributed by atoms with E-state index >= 15 is 0 Å². The first-order valence-electron chi connectivity index (χ1n) is 12.6. The molecule has 1 N–H and O–H groups in total. The summed E-state index contributed by atoms with van der Waals surface area (Å²) in [7, 11) is 0. The van der Waals surface area contributed by atoms with E-state index in [1.165, 1.54) is 48.9 Å². The van der Waals surface area contributed by atoms with Crippen molar-refractivity contribution >= 4 is 71.3 Å². The molecule has 9 rings (SSSR count). The average Bonchev–Trinajstić information content (AvgIpc) is 3.60. The molecule has 0 fully saturated rings. The second-order valence-corrected chi connectivity index (χ2v) is 9.81. The molecule has 0 radical (unpaired) electrons. The first kappa shape index (κ1) is 19.7. The van der Waals surface area contributed by atoms with Crippen molar-refractivity contribution in [1.82, 2.24) is 14.0 Å². The molecule has 0 spiro atoms. The van der Waals surface area contributed by atoms with Crippen LogP contribution in [0.4, 0.5) is 5.69 Å². The first-order valence-corrected chi connectivity index (χ1v) is 12.6. The third-order valence-corrected chi connectivity index (χ3v) is 7.96. The number of hydrogen-bond donors (Lipinski definition) is 1. The molecule has 38 heavy (non-hydrogen) atoms. The zero-order valence-corrected chi connectivity index (χ0v) is 20.1. The maximum atomic E-state index is 9.95. The van der Waals surface area contributed by atoms with Crippen molar-refractivity contribution < 1.29 is 0 Å². The Kier molecular flexibility index (Phi) is 3.57. The van der Waals surface area contributed by atoms with Crippen LogP contribution in [0.5, 0.6) is 0 Å². The molecule has 1 aliphatic heterocycles. The van der Waals surface area contributed by atoms with Gasteiger partial charge in [-0.25, -0.2) is 4.99 Å². The second kappa shape index (κ2) is 6.87. The third kappa shape index (κ3) is 2.27. The minimum absolute atomic E-state index is 0.336. The van der Waals surface area contributed by atoms with E-state index in [0.29, 0.717) is 11.4 Å². The van der Waals surface area contributed by atoms with Gasteiger partial charge in [0.25, 0.3) is 0 Å². The Morgan fingerprint density at radius 1 is 0.711 bits per heavy atom. The van der Waals surface area contributed by atoms with Gasteiger partial charge in [0, 0.05) is 38.5 Å². The van der Waals surface area contributed by atoms with Gasteiger partial charge in [0.2, 0.25) is 6.29 Å². The van der Waals surface area contributed by atoms with Gasteiger partial charge < -0.3 is 14.3 Å². The number of anilines is 1. The molecule has 176 valence electrons. The highest BCUT2D eigenvalue weighted by molar-refractivity contribution is 6.35. The molecule has 4 aromatic heterocycles. The standard InChI is InChI=1S/C32H18N6/c33-17-23-30-22(11-7-15-34-30)35-32(36-23)38-26-14-6-2-9-19(26)28-27(38)16-21-18-8-1-4-12-24(18)37-25-13-5-3-10-20(25)29(28)31(21)37/h1-16,32,35H. The summed E-state index contributed by atoms with van der Waals surface area (Å²) >= 11 is 0. The minimum Gasteiger partial charge on any atom is -0.345 e. The number of pyridine rings is 1. The van der Waals surface area contributed by atoms with Crippen molar-refractivity contribution in [3.05, 3.63) is 103 Å². The lowest BCUT2D eigenvalue weighted by Gasteiger charge is -2.25. The molecule has 4 aromatic carbocycles. The normalized spacial score (nSPS) is 15.4. The van der Waals surface area contributed by atoms with Crippen LogP contribution in [0.1, 0.15) is 12.0 Å². The number of fused-ring (bicyclic) bond motifs is 11. The predicted octanol–water partition coefficient (Wildman–Crippen LogP) is 7.23. The Balaban J connectivity index is 1.51. The Morgan fingerprint density at radius 3 is 2.18 bits per heavy atom. The molecule has 8 aromatic rings.